The van der Waals surface area contributed by atoms with E-state index in [1.54, 1.807) is 12.1 Å². The van der Waals surface area contributed by atoms with Gasteiger partial charge in [-0.05, 0) is 55.4 Å². The van der Waals surface area contributed by atoms with E-state index in [9.17, 15) is 14.7 Å². The number of carboxylic acid groups (broad SMARTS) is 1. The molecule has 2 atom stereocenters. The zero-order chi connectivity index (χ0) is 18.7. The monoisotopic (exact) mass is 352 g/mol. The normalized spacial score (nSPS) is 22.6. The lowest BCUT2D eigenvalue weighted by atomic mass is 9.64. The second-order valence-electron chi connectivity index (χ2n) is 7.16. The summed E-state index contributed by atoms with van der Waals surface area (Å²) in [5, 5.41) is 10.1. The maximum absolute atomic E-state index is 12.3. The minimum atomic E-state index is -0.850. The molecule has 4 nitrogen and oxygen atoms in total. The number of aryl methyl sites for hydroxylation is 1. The molecule has 0 amide bonds. The van der Waals surface area contributed by atoms with Crippen molar-refractivity contribution in [3.05, 3.63) is 70.8 Å². The maximum atomic E-state index is 12.3. The molecule has 2 aromatic carbocycles. The second-order valence-corrected chi connectivity index (χ2v) is 7.16. The van der Waals surface area contributed by atoms with E-state index in [0.29, 0.717) is 18.4 Å². The highest BCUT2D eigenvalue weighted by Crippen LogP contribution is 2.46. The van der Waals surface area contributed by atoms with Gasteiger partial charge in [-0.15, -0.1) is 0 Å². The SMILES string of the molecule is COC(=O)c1ccc([C@H]2CCC[C@](C(=O)O)(c3ccc(C)cc3)C2)cc1. The molecule has 1 aliphatic rings. The minimum absolute atomic E-state index is 0.160. The number of methoxy groups -OCH3 is 1. The molecular weight excluding hydrogens is 328 g/mol. The van der Waals surface area contributed by atoms with E-state index in [-0.39, 0.29) is 11.9 Å². The van der Waals surface area contributed by atoms with Crippen molar-refractivity contribution >= 4 is 11.9 Å². The molecule has 0 saturated heterocycles. The first-order valence-corrected chi connectivity index (χ1v) is 8.95. The highest BCUT2D eigenvalue weighted by molar-refractivity contribution is 5.89. The topological polar surface area (TPSA) is 63.6 Å². The third-order valence-corrected chi connectivity index (χ3v) is 5.57. The average Bonchev–Trinajstić information content (AvgIpc) is 2.68. The van der Waals surface area contributed by atoms with Crippen molar-refractivity contribution in [1.82, 2.24) is 0 Å². The molecule has 136 valence electrons. The fourth-order valence-corrected chi connectivity index (χ4v) is 4.02. The molecule has 0 heterocycles. The fourth-order valence-electron chi connectivity index (χ4n) is 4.02. The summed E-state index contributed by atoms with van der Waals surface area (Å²) in [6.07, 6.45) is 3.05. The van der Waals surface area contributed by atoms with Gasteiger partial charge >= 0.3 is 11.9 Å². The number of carbonyl (C=O) groups is 2. The van der Waals surface area contributed by atoms with Crippen LogP contribution >= 0.6 is 0 Å². The summed E-state index contributed by atoms with van der Waals surface area (Å²) in [4.78, 5) is 23.9. The van der Waals surface area contributed by atoms with Crippen molar-refractivity contribution in [2.45, 2.75) is 43.9 Å². The molecule has 3 rings (SSSR count). The number of rotatable bonds is 4. The third kappa shape index (κ3) is 3.36. The largest absolute Gasteiger partial charge is 0.481 e. The van der Waals surface area contributed by atoms with Crippen LogP contribution in [-0.4, -0.2) is 24.2 Å². The Morgan fingerprint density at radius 1 is 1.08 bits per heavy atom. The number of ether oxygens (including phenoxy) is 1. The standard InChI is InChI=1S/C22H24O4/c1-15-5-11-19(12-6-15)22(21(24)25)13-3-4-18(14-22)16-7-9-17(10-8-16)20(23)26-2/h5-12,18H,3-4,13-14H2,1-2H3,(H,24,25)/t18-,22+/m0/s1. The molecule has 0 spiro atoms. The Labute approximate surface area is 153 Å². The summed E-state index contributed by atoms with van der Waals surface area (Å²) >= 11 is 0. The Bertz CT molecular complexity index is 792. The average molecular weight is 352 g/mol. The number of benzene rings is 2. The predicted octanol–water partition coefficient (Wildman–Crippen LogP) is 4.46. The zero-order valence-electron chi connectivity index (χ0n) is 15.2. The van der Waals surface area contributed by atoms with Crippen LogP contribution in [0.4, 0.5) is 0 Å². The van der Waals surface area contributed by atoms with Gasteiger partial charge in [0.05, 0.1) is 18.1 Å². The number of hydrogen-bond donors (Lipinski definition) is 1. The molecular formula is C22H24O4. The van der Waals surface area contributed by atoms with Crippen LogP contribution in [-0.2, 0) is 14.9 Å². The van der Waals surface area contributed by atoms with E-state index in [1.165, 1.54) is 7.11 Å². The van der Waals surface area contributed by atoms with Gasteiger partial charge in [0.25, 0.3) is 0 Å². The molecule has 1 fully saturated rings. The zero-order valence-corrected chi connectivity index (χ0v) is 15.2. The first-order chi connectivity index (χ1) is 12.5. The van der Waals surface area contributed by atoms with Gasteiger partial charge in [-0.1, -0.05) is 48.4 Å². The highest BCUT2D eigenvalue weighted by atomic mass is 16.5. The number of esters is 1. The van der Waals surface area contributed by atoms with Gasteiger partial charge in [0.2, 0.25) is 0 Å². The molecule has 0 bridgehead atoms. The Morgan fingerprint density at radius 2 is 1.73 bits per heavy atom. The van der Waals surface area contributed by atoms with Gasteiger partial charge in [-0.25, -0.2) is 4.79 Å². The molecule has 1 saturated carbocycles. The Balaban J connectivity index is 1.90. The summed E-state index contributed by atoms with van der Waals surface area (Å²) in [5.74, 6) is -0.954. The Kier molecular flexibility index (Phi) is 5.12. The lowest BCUT2D eigenvalue weighted by molar-refractivity contribution is -0.145. The van der Waals surface area contributed by atoms with Crippen LogP contribution in [0.15, 0.2) is 48.5 Å². The third-order valence-electron chi connectivity index (χ3n) is 5.57. The van der Waals surface area contributed by atoms with Gasteiger partial charge in [0.1, 0.15) is 0 Å². The molecule has 0 aromatic heterocycles. The molecule has 2 aromatic rings. The van der Waals surface area contributed by atoms with Crippen molar-refractivity contribution in [3.63, 3.8) is 0 Å². The van der Waals surface area contributed by atoms with Gasteiger partial charge in [-0.2, -0.15) is 0 Å². The molecule has 26 heavy (non-hydrogen) atoms. The van der Waals surface area contributed by atoms with Gasteiger partial charge in [0.15, 0.2) is 0 Å². The fraction of sp³-hybridized carbons (Fsp3) is 0.364. The van der Waals surface area contributed by atoms with Gasteiger partial charge < -0.3 is 9.84 Å². The summed E-state index contributed by atoms with van der Waals surface area (Å²) in [5.41, 5.74) is 2.74. The van der Waals surface area contributed by atoms with Crippen LogP contribution in [0.2, 0.25) is 0 Å². The summed E-state index contributed by atoms with van der Waals surface area (Å²) in [6, 6.07) is 15.2. The first kappa shape index (κ1) is 18.2. The van der Waals surface area contributed by atoms with Crippen LogP contribution in [0.5, 0.6) is 0 Å². The summed E-state index contributed by atoms with van der Waals surface area (Å²) in [7, 11) is 1.36. The van der Waals surface area contributed by atoms with E-state index in [0.717, 1.165) is 29.5 Å². The number of carboxylic acids is 1. The predicted molar refractivity (Wildman–Crippen MR) is 99.5 cm³/mol. The smallest absolute Gasteiger partial charge is 0.337 e. The lowest BCUT2D eigenvalue weighted by Gasteiger charge is -2.38. The molecule has 0 unspecified atom stereocenters. The Morgan fingerprint density at radius 3 is 2.31 bits per heavy atom. The number of carbonyl (C=O) groups excluding carboxylic acids is 1. The van der Waals surface area contributed by atoms with E-state index < -0.39 is 11.4 Å². The van der Waals surface area contributed by atoms with Crippen molar-refractivity contribution in [3.8, 4) is 0 Å². The summed E-state index contributed by atoms with van der Waals surface area (Å²) < 4.78 is 4.74. The minimum Gasteiger partial charge on any atom is -0.481 e. The number of hydrogen-bond acceptors (Lipinski definition) is 3. The van der Waals surface area contributed by atoms with E-state index in [1.807, 2.05) is 43.3 Å². The van der Waals surface area contributed by atoms with Crippen LogP contribution in [0, 0.1) is 6.92 Å². The quantitative estimate of drug-likeness (QED) is 0.825. The first-order valence-electron chi connectivity index (χ1n) is 8.95. The van der Waals surface area contributed by atoms with Gasteiger partial charge in [-0.3, -0.25) is 4.79 Å². The molecule has 1 aliphatic carbocycles. The van der Waals surface area contributed by atoms with Crippen LogP contribution in [0.25, 0.3) is 0 Å². The van der Waals surface area contributed by atoms with Gasteiger partial charge in [0, 0.05) is 0 Å². The molecule has 0 aliphatic heterocycles. The lowest BCUT2D eigenvalue weighted by Crippen LogP contribution is -2.40. The van der Waals surface area contributed by atoms with Crippen LogP contribution < -0.4 is 0 Å². The molecule has 0 radical (unpaired) electrons. The number of aliphatic carboxylic acids is 1. The Hall–Kier alpha value is -2.62. The molecule has 4 heteroatoms. The van der Waals surface area contributed by atoms with Crippen LogP contribution in [0.3, 0.4) is 0 Å². The van der Waals surface area contributed by atoms with E-state index >= 15 is 0 Å². The van der Waals surface area contributed by atoms with E-state index in [4.69, 9.17) is 4.74 Å². The van der Waals surface area contributed by atoms with Crippen molar-refractivity contribution in [1.29, 1.82) is 0 Å². The van der Waals surface area contributed by atoms with Crippen LogP contribution in [0.1, 0.15) is 58.6 Å². The maximum Gasteiger partial charge on any atom is 0.337 e. The summed E-state index contributed by atoms with van der Waals surface area (Å²) in [6.45, 7) is 2.00. The van der Waals surface area contributed by atoms with E-state index in [2.05, 4.69) is 0 Å². The molecule has 1 N–H and O–H groups in total. The van der Waals surface area contributed by atoms with Crippen molar-refractivity contribution in [2.24, 2.45) is 0 Å². The highest BCUT2D eigenvalue weighted by Gasteiger charge is 2.44. The van der Waals surface area contributed by atoms with Crippen molar-refractivity contribution < 1.29 is 19.4 Å². The second kappa shape index (κ2) is 7.32. The van der Waals surface area contributed by atoms with Crippen molar-refractivity contribution in [2.75, 3.05) is 7.11 Å².